The number of fused-ring (bicyclic) bond motifs is 6. The lowest BCUT2D eigenvalue weighted by Crippen LogP contribution is -2.34. The Bertz CT molecular complexity index is 1290. The fourth-order valence-corrected chi connectivity index (χ4v) is 9.61. The molecule has 2 aromatic carbocycles. The summed E-state index contributed by atoms with van der Waals surface area (Å²) >= 11 is 6.74. The summed E-state index contributed by atoms with van der Waals surface area (Å²) in [6.45, 7) is -0.0360. The van der Waals surface area contributed by atoms with Gasteiger partial charge in [0, 0.05) is 26.2 Å². The van der Waals surface area contributed by atoms with E-state index in [1.807, 2.05) is 17.8 Å². The molecule has 1 N–H and O–H groups in total. The second kappa shape index (κ2) is 8.40. The molecule has 170 valence electrons. The van der Waals surface area contributed by atoms with E-state index in [4.69, 9.17) is 0 Å². The minimum absolute atomic E-state index is 0.0360. The van der Waals surface area contributed by atoms with Crippen molar-refractivity contribution in [3.8, 4) is 0 Å². The van der Waals surface area contributed by atoms with Crippen molar-refractivity contribution in [3.05, 3.63) is 78.9 Å². The van der Waals surface area contributed by atoms with Crippen LogP contribution in [0.3, 0.4) is 0 Å². The van der Waals surface area contributed by atoms with Crippen LogP contribution in [-0.2, 0) is 11.3 Å². The highest BCUT2D eigenvalue weighted by Crippen LogP contribution is 2.64. The topological polar surface area (TPSA) is 51.1 Å². The Morgan fingerprint density at radius 1 is 1.15 bits per heavy atom. The van der Waals surface area contributed by atoms with Crippen LogP contribution in [0.2, 0.25) is 0 Å². The Balaban J connectivity index is 1.37. The van der Waals surface area contributed by atoms with Crippen LogP contribution in [0.4, 0.5) is 10.1 Å². The first-order valence-corrected chi connectivity index (χ1v) is 13.7. The summed E-state index contributed by atoms with van der Waals surface area (Å²) in [6.07, 6.45) is 3.82. The number of aromatic nitrogens is 1. The number of anilines is 1. The van der Waals surface area contributed by atoms with Crippen molar-refractivity contribution in [3.63, 3.8) is 0 Å². The number of hydrogen-bond donors (Lipinski definition) is 1. The number of hydrogen-bond acceptors (Lipinski definition) is 4. The van der Waals surface area contributed by atoms with Gasteiger partial charge in [0.1, 0.15) is 12.4 Å². The molecule has 1 aromatic heterocycles. The van der Waals surface area contributed by atoms with Crippen molar-refractivity contribution in [1.82, 2.24) is 4.57 Å². The van der Waals surface area contributed by atoms with Crippen molar-refractivity contribution in [2.75, 3.05) is 5.32 Å². The van der Waals surface area contributed by atoms with Gasteiger partial charge in [0.05, 0.1) is 5.03 Å². The average molecular weight is 545 g/mol. The van der Waals surface area contributed by atoms with E-state index in [0.29, 0.717) is 28.7 Å². The first-order chi connectivity index (χ1) is 16.0. The van der Waals surface area contributed by atoms with E-state index in [0.717, 1.165) is 14.4 Å². The summed E-state index contributed by atoms with van der Waals surface area (Å²) in [4.78, 5) is 26.9. The molecular formula is C25H22BrFN2O2S2. The largest absolute Gasteiger partial charge is 0.325 e. The number of nitrogens with zero attached hydrogens (tertiary/aromatic N) is 1. The molecule has 0 saturated heterocycles. The highest BCUT2D eigenvalue weighted by atomic mass is 79.9. The van der Waals surface area contributed by atoms with Gasteiger partial charge in [-0.3, -0.25) is 14.2 Å². The molecular weight excluding hydrogens is 523 g/mol. The summed E-state index contributed by atoms with van der Waals surface area (Å²) in [7, 11) is 0. The van der Waals surface area contributed by atoms with Crippen molar-refractivity contribution in [2.24, 2.45) is 17.8 Å². The second-order valence-electron chi connectivity index (χ2n) is 9.20. The van der Waals surface area contributed by atoms with E-state index >= 15 is 0 Å². The third-order valence-corrected chi connectivity index (χ3v) is 10.6. The van der Waals surface area contributed by atoms with E-state index in [9.17, 15) is 14.0 Å². The number of benzene rings is 2. The molecule has 1 amide bonds. The summed E-state index contributed by atoms with van der Waals surface area (Å²) in [5.41, 5.74) is 1.77. The van der Waals surface area contributed by atoms with Crippen LogP contribution >= 0.6 is 39.0 Å². The molecule has 0 spiro atoms. The lowest BCUT2D eigenvalue weighted by Gasteiger charge is -2.40. The summed E-state index contributed by atoms with van der Waals surface area (Å²) in [5.74, 6) is 1.49. The Morgan fingerprint density at radius 3 is 2.73 bits per heavy atom. The zero-order chi connectivity index (χ0) is 22.7. The number of carbonyl (C=O) groups is 1. The van der Waals surface area contributed by atoms with Crippen LogP contribution in [0.25, 0.3) is 0 Å². The summed E-state index contributed by atoms with van der Waals surface area (Å²) < 4.78 is 15.9. The third-order valence-electron chi connectivity index (χ3n) is 7.33. The quantitative estimate of drug-likeness (QED) is 0.431. The molecule has 5 atom stereocenters. The van der Waals surface area contributed by atoms with E-state index in [-0.39, 0.29) is 29.1 Å². The molecule has 2 saturated carbocycles. The Labute approximate surface area is 207 Å². The average Bonchev–Trinajstić information content (AvgIpc) is 3.48. The van der Waals surface area contributed by atoms with Gasteiger partial charge in [0.15, 0.2) is 0 Å². The van der Waals surface area contributed by atoms with Crippen molar-refractivity contribution in [1.29, 1.82) is 0 Å². The third kappa shape index (κ3) is 3.80. The van der Waals surface area contributed by atoms with E-state index in [1.165, 1.54) is 60.4 Å². The Morgan fingerprint density at radius 2 is 1.94 bits per heavy atom. The zero-order valence-corrected chi connectivity index (χ0v) is 20.9. The SMILES string of the molecule is O=C(Cn1c2c(sc1=O)C(c1cccc(Br)c1)C1C3CCC(C3)C1S2)Nc1ccc(F)cc1. The Hall–Kier alpha value is -1.90. The lowest BCUT2D eigenvalue weighted by atomic mass is 9.75. The molecule has 2 bridgehead atoms. The maximum Gasteiger partial charge on any atom is 0.308 e. The summed E-state index contributed by atoms with van der Waals surface area (Å²) in [5, 5.41) is 4.23. The molecule has 2 aliphatic carbocycles. The molecule has 3 aliphatic rings. The van der Waals surface area contributed by atoms with Gasteiger partial charge in [0.25, 0.3) is 0 Å². The van der Waals surface area contributed by atoms with Gasteiger partial charge < -0.3 is 5.32 Å². The number of thioether (sulfide) groups is 1. The first kappa shape index (κ1) is 21.6. The van der Waals surface area contributed by atoms with Gasteiger partial charge in [-0.05, 0) is 79.0 Å². The number of halogens is 2. The fraction of sp³-hybridized carbons (Fsp3) is 0.360. The van der Waals surface area contributed by atoms with Gasteiger partial charge in [-0.1, -0.05) is 39.4 Å². The van der Waals surface area contributed by atoms with Crippen LogP contribution < -0.4 is 10.2 Å². The molecule has 2 fully saturated rings. The smallest absolute Gasteiger partial charge is 0.308 e. The maximum atomic E-state index is 13.2. The number of rotatable bonds is 4. The van der Waals surface area contributed by atoms with Crippen LogP contribution in [-0.4, -0.2) is 15.7 Å². The van der Waals surface area contributed by atoms with E-state index in [2.05, 4.69) is 39.4 Å². The molecule has 3 aromatic rings. The summed E-state index contributed by atoms with van der Waals surface area (Å²) in [6, 6.07) is 14.1. The van der Waals surface area contributed by atoms with Crippen LogP contribution in [0.5, 0.6) is 0 Å². The number of thiazole rings is 1. The molecule has 1 aliphatic heterocycles. The minimum atomic E-state index is -0.355. The lowest BCUT2D eigenvalue weighted by molar-refractivity contribution is -0.116. The van der Waals surface area contributed by atoms with E-state index in [1.54, 1.807) is 4.57 Å². The van der Waals surface area contributed by atoms with Crippen LogP contribution in [0.15, 0.2) is 62.8 Å². The predicted molar refractivity (Wildman–Crippen MR) is 134 cm³/mol. The molecule has 5 unspecified atom stereocenters. The number of amides is 1. The first-order valence-electron chi connectivity index (χ1n) is 11.2. The molecule has 8 heteroatoms. The monoisotopic (exact) mass is 544 g/mol. The van der Waals surface area contributed by atoms with Gasteiger partial charge in [0.2, 0.25) is 5.91 Å². The van der Waals surface area contributed by atoms with Gasteiger partial charge >= 0.3 is 4.87 Å². The molecule has 0 radical (unpaired) electrons. The van der Waals surface area contributed by atoms with E-state index < -0.39 is 0 Å². The van der Waals surface area contributed by atoms with Crippen LogP contribution in [0, 0.1) is 23.6 Å². The van der Waals surface area contributed by atoms with Crippen molar-refractivity contribution >= 4 is 50.6 Å². The van der Waals surface area contributed by atoms with Gasteiger partial charge in [-0.25, -0.2) is 4.39 Å². The highest BCUT2D eigenvalue weighted by Gasteiger charge is 2.55. The second-order valence-corrected chi connectivity index (χ2v) is 12.3. The van der Waals surface area contributed by atoms with Crippen molar-refractivity contribution in [2.45, 2.75) is 42.0 Å². The highest BCUT2D eigenvalue weighted by molar-refractivity contribution is 9.10. The van der Waals surface area contributed by atoms with Gasteiger partial charge in [-0.2, -0.15) is 0 Å². The maximum absolute atomic E-state index is 13.2. The normalized spacial score (nSPS) is 27.3. The Kier molecular flexibility index (Phi) is 5.50. The van der Waals surface area contributed by atoms with Crippen LogP contribution in [0.1, 0.15) is 35.6 Å². The van der Waals surface area contributed by atoms with Gasteiger partial charge in [-0.15, -0.1) is 11.8 Å². The zero-order valence-electron chi connectivity index (χ0n) is 17.7. The molecule has 33 heavy (non-hydrogen) atoms. The molecule has 6 rings (SSSR count). The van der Waals surface area contributed by atoms with Crippen molar-refractivity contribution < 1.29 is 9.18 Å². The number of nitrogens with one attached hydrogen (secondary N) is 1. The predicted octanol–water partition coefficient (Wildman–Crippen LogP) is 6.10. The molecule has 2 heterocycles. The molecule has 4 nitrogen and oxygen atoms in total. The minimum Gasteiger partial charge on any atom is -0.325 e. The standard InChI is InChI=1S/C25H22BrFN2O2S2/c26-16-3-1-2-13(11-16)21-20-14-4-5-15(10-14)22(20)32-24-23(21)33-25(31)29(24)12-19(30)28-18-8-6-17(27)7-9-18/h1-3,6-9,11,14-15,20-22H,4-5,10,12H2,(H,28,30). The number of carbonyl (C=O) groups excluding carboxylic acids is 1. The fourth-order valence-electron chi connectivity index (χ4n) is 6.04.